The zero-order chi connectivity index (χ0) is 13.1. The van der Waals surface area contributed by atoms with Gasteiger partial charge in [-0.05, 0) is 32.4 Å². The average molecular weight is 256 g/mol. The fourth-order valence-corrected chi connectivity index (χ4v) is 1.77. The Morgan fingerprint density at radius 2 is 1.94 bits per heavy atom. The van der Waals surface area contributed by atoms with Gasteiger partial charge in [0, 0.05) is 10.6 Å². The summed E-state index contributed by atoms with van der Waals surface area (Å²) in [5.41, 5.74) is 0.522. The predicted molar refractivity (Wildman–Crippen MR) is 69.1 cm³/mol. The number of ether oxygens (including phenoxy) is 1. The summed E-state index contributed by atoms with van der Waals surface area (Å²) in [7, 11) is 1.37. The molecule has 0 heterocycles. The summed E-state index contributed by atoms with van der Waals surface area (Å²) in [5.74, 6) is -0.340. The summed E-state index contributed by atoms with van der Waals surface area (Å²) < 4.78 is 4.81. The second kappa shape index (κ2) is 5.52. The summed E-state index contributed by atoms with van der Waals surface area (Å²) in [6.07, 6.45) is 0. The van der Waals surface area contributed by atoms with E-state index in [9.17, 15) is 4.79 Å². The number of nitrogens with one attached hydrogen (secondary N) is 1. The van der Waals surface area contributed by atoms with Crippen molar-refractivity contribution in [2.45, 2.75) is 32.4 Å². The van der Waals surface area contributed by atoms with E-state index in [1.54, 1.807) is 6.07 Å². The predicted octanol–water partition coefficient (Wildman–Crippen LogP) is 2.94. The number of rotatable bonds is 3. The van der Waals surface area contributed by atoms with Crippen LogP contribution in [-0.2, 0) is 9.53 Å². The molecule has 0 unspecified atom stereocenters. The fraction of sp³-hybridized carbons (Fsp3) is 0.462. The van der Waals surface area contributed by atoms with Crippen LogP contribution in [0.4, 0.5) is 0 Å². The number of benzene rings is 1. The summed E-state index contributed by atoms with van der Waals surface area (Å²) in [5, 5.41) is 3.76. The number of hydrogen-bond acceptors (Lipinski definition) is 3. The van der Waals surface area contributed by atoms with Gasteiger partial charge in [-0.3, -0.25) is 5.32 Å². The van der Waals surface area contributed by atoms with E-state index in [4.69, 9.17) is 16.3 Å². The van der Waals surface area contributed by atoms with E-state index in [-0.39, 0.29) is 11.5 Å². The Bertz CT molecular complexity index is 399. The van der Waals surface area contributed by atoms with Crippen molar-refractivity contribution < 1.29 is 9.53 Å². The Morgan fingerprint density at radius 3 is 2.41 bits per heavy atom. The first-order valence-electron chi connectivity index (χ1n) is 5.45. The van der Waals surface area contributed by atoms with Gasteiger partial charge in [0.05, 0.1) is 7.11 Å². The fourth-order valence-electron chi connectivity index (χ4n) is 1.52. The number of esters is 1. The molecular weight excluding hydrogens is 238 g/mol. The van der Waals surface area contributed by atoms with E-state index in [1.807, 2.05) is 39.0 Å². The van der Waals surface area contributed by atoms with Gasteiger partial charge in [0.1, 0.15) is 6.04 Å². The second-order valence-corrected chi connectivity index (χ2v) is 5.28. The molecule has 1 atom stereocenters. The minimum absolute atomic E-state index is 0.210. The molecule has 1 aromatic carbocycles. The summed E-state index contributed by atoms with van der Waals surface area (Å²) in [6, 6.07) is 6.71. The van der Waals surface area contributed by atoms with Crippen LogP contribution in [0.3, 0.4) is 0 Å². The first kappa shape index (κ1) is 14.0. The van der Waals surface area contributed by atoms with Gasteiger partial charge in [-0.1, -0.05) is 29.8 Å². The lowest BCUT2D eigenvalue weighted by atomic mass is 10.0. The number of carbonyl (C=O) groups excluding carboxylic acids is 1. The van der Waals surface area contributed by atoms with Crippen molar-refractivity contribution in [3.63, 3.8) is 0 Å². The van der Waals surface area contributed by atoms with Gasteiger partial charge in [-0.2, -0.15) is 0 Å². The molecule has 0 aliphatic heterocycles. The van der Waals surface area contributed by atoms with Crippen molar-refractivity contribution in [1.82, 2.24) is 5.32 Å². The molecule has 94 valence electrons. The van der Waals surface area contributed by atoms with Gasteiger partial charge in [0.2, 0.25) is 0 Å². The van der Waals surface area contributed by atoms with Gasteiger partial charge in [-0.25, -0.2) is 4.79 Å². The molecule has 3 nitrogen and oxygen atoms in total. The molecule has 0 aliphatic carbocycles. The first-order valence-corrected chi connectivity index (χ1v) is 5.83. The van der Waals surface area contributed by atoms with Crippen molar-refractivity contribution >= 4 is 17.6 Å². The van der Waals surface area contributed by atoms with E-state index in [1.165, 1.54) is 7.11 Å². The van der Waals surface area contributed by atoms with Crippen LogP contribution in [0.15, 0.2) is 24.3 Å². The van der Waals surface area contributed by atoms with Crippen molar-refractivity contribution in [3.8, 4) is 0 Å². The largest absolute Gasteiger partial charge is 0.468 e. The van der Waals surface area contributed by atoms with Crippen molar-refractivity contribution in [2.24, 2.45) is 0 Å². The van der Waals surface area contributed by atoms with E-state index >= 15 is 0 Å². The third-order valence-electron chi connectivity index (χ3n) is 2.23. The molecular formula is C13H18ClNO2. The highest BCUT2D eigenvalue weighted by Crippen LogP contribution is 2.25. The maximum absolute atomic E-state index is 11.8. The molecule has 0 spiro atoms. The molecule has 0 saturated carbocycles. The Balaban J connectivity index is 3.07. The van der Waals surface area contributed by atoms with Crippen molar-refractivity contribution in [2.75, 3.05) is 7.11 Å². The third kappa shape index (κ3) is 4.02. The molecule has 1 N–H and O–H groups in total. The molecule has 0 amide bonds. The molecule has 0 aromatic heterocycles. The number of methoxy groups -OCH3 is 1. The summed E-state index contributed by atoms with van der Waals surface area (Å²) in [4.78, 5) is 11.8. The molecule has 1 rings (SSSR count). The SMILES string of the molecule is COC(=O)[C@@H](NC(C)(C)C)c1ccccc1Cl. The molecule has 0 radical (unpaired) electrons. The van der Waals surface area contributed by atoms with Gasteiger partial charge in [-0.15, -0.1) is 0 Å². The molecule has 0 saturated heterocycles. The molecule has 0 bridgehead atoms. The van der Waals surface area contributed by atoms with Crippen LogP contribution in [0.1, 0.15) is 32.4 Å². The van der Waals surface area contributed by atoms with Gasteiger partial charge in [0.15, 0.2) is 0 Å². The monoisotopic (exact) mass is 255 g/mol. The number of hydrogen-bond donors (Lipinski definition) is 1. The molecule has 1 aromatic rings. The van der Waals surface area contributed by atoms with Crippen molar-refractivity contribution in [1.29, 1.82) is 0 Å². The van der Waals surface area contributed by atoms with Gasteiger partial charge in [0.25, 0.3) is 0 Å². The maximum atomic E-state index is 11.8. The highest BCUT2D eigenvalue weighted by Gasteiger charge is 2.27. The maximum Gasteiger partial charge on any atom is 0.327 e. The first-order chi connectivity index (χ1) is 7.85. The van der Waals surface area contributed by atoms with Crippen LogP contribution < -0.4 is 5.32 Å². The van der Waals surface area contributed by atoms with Crippen LogP contribution in [0, 0.1) is 0 Å². The Labute approximate surface area is 107 Å². The molecule has 4 heteroatoms. The van der Waals surface area contributed by atoms with Gasteiger partial charge < -0.3 is 4.74 Å². The van der Waals surface area contributed by atoms with Crippen LogP contribution in [0.5, 0.6) is 0 Å². The lowest BCUT2D eigenvalue weighted by Crippen LogP contribution is -2.42. The van der Waals surface area contributed by atoms with E-state index in [0.29, 0.717) is 5.02 Å². The summed E-state index contributed by atoms with van der Waals surface area (Å²) in [6.45, 7) is 5.96. The highest BCUT2D eigenvalue weighted by atomic mass is 35.5. The van der Waals surface area contributed by atoms with Crippen molar-refractivity contribution in [3.05, 3.63) is 34.9 Å². The topological polar surface area (TPSA) is 38.3 Å². The number of halogens is 1. The van der Waals surface area contributed by atoms with Crippen LogP contribution >= 0.6 is 11.6 Å². The Morgan fingerprint density at radius 1 is 1.35 bits per heavy atom. The van der Waals surface area contributed by atoms with Crippen LogP contribution in [0.2, 0.25) is 5.02 Å². The van der Waals surface area contributed by atoms with Crippen LogP contribution in [-0.4, -0.2) is 18.6 Å². The lowest BCUT2D eigenvalue weighted by molar-refractivity contribution is -0.143. The lowest BCUT2D eigenvalue weighted by Gasteiger charge is -2.27. The molecule has 0 fully saturated rings. The minimum atomic E-state index is -0.548. The van der Waals surface area contributed by atoms with Gasteiger partial charge >= 0.3 is 5.97 Å². The molecule has 0 aliphatic rings. The Hall–Kier alpha value is -1.06. The van der Waals surface area contributed by atoms with Crippen LogP contribution in [0.25, 0.3) is 0 Å². The number of carbonyl (C=O) groups is 1. The quantitative estimate of drug-likeness (QED) is 0.844. The summed E-state index contributed by atoms with van der Waals surface area (Å²) >= 11 is 6.10. The third-order valence-corrected chi connectivity index (χ3v) is 2.57. The molecule has 17 heavy (non-hydrogen) atoms. The second-order valence-electron chi connectivity index (χ2n) is 4.87. The zero-order valence-corrected chi connectivity index (χ0v) is 11.3. The standard InChI is InChI=1S/C13H18ClNO2/c1-13(2,3)15-11(12(16)17-4)9-7-5-6-8-10(9)14/h5-8,11,15H,1-4H3/t11-/m0/s1. The van der Waals surface area contributed by atoms with E-state index in [0.717, 1.165) is 5.56 Å². The zero-order valence-electron chi connectivity index (χ0n) is 10.6. The average Bonchev–Trinajstić information content (AvgIpc) is 2.25. The van der Waals surface area contributed by atoms with E-state index in [2.05, 4.69) is 5.32 Å². The normalized spacial score (nSPS) is 13.2. The minimum Gasteiger partial charge on any atom is -0.468 e. The Kier molecular flexibility index (Phi) is 4.54. The highest BCUT2D eigenvalue weighted by molar-refractivity contribution is 6.31. The smallest absolute Gasteiger partial charge is 0.327 e. The van der Waals surface area contributed by atoms with E-state index < -0.39 is 6.04 Å².